The van der Waals surface area contributed by atoms with Gasteiger partial charge in [-0.2, -0.15) is 5.10 Å². The fraction of sp³-hybridized carbons (Fsp3) is 0.714. The van der Waals surface area contributed by atoms with Crippen LogP contribution in [0.25, 0.3) is 0 Å². The van der Waals surface area contributed by atoms with Crippen molar-refractivity contribution in [1.82, 2.24) is 14.8 Å². The van der Waals surface area contributed by atoms with E-state index in [0.717, 1.165) is 0 Å². The molecule has 0 N–H and O–H groups in total. The number of nitrogens with zero attached hydrogens (tertiary/aromatic N) is 3. The molecule has 0 aromatic carbocycles. The minimum atomic E-state index is -1.88. The molecule has 0 spiro atoms. The third-order valence-corrected chi connectivity index (χ3v) is 1.52. The average molecular weight is 141 g/mol. The Hall–Kier alpha value is -0.860. The van der Waals surface area contributed by atoms with E-state index in [4.69, 9.17) is 5.48 Å². The van der Waals surface area contributed by atoms with Crippen LogP contribution in [-0.2, 0) is 13.0 Å². The Morgan fingerprint density at radius 3 is 3.60 bits per heavy atom. The third kappa shape index (κ3) is 0.916. The van der Waals surface area contributed by atoms with E-state index in [2.05, 4.69) is 10.1 Å². The van der Waals surface area contributed by atoms with Crippen LogP contribution in [0.3, 0.4) is 0 Å². The molecule has 0 saturated carbocycles. The lowest BCUT2D eigenvalue weighted by molar-refractivity contribution is 0.575. The van der Waals surface area contributed by atoms with Gasteiger partial charge in [0, 0.05) is 18.4 Å². The molecule has 0 unspecified atom stereocenters. The van der Waals surface area contributed by atoms with Gasteiger partial charge < -0.3 is 0 Å². The van der Waals surface area contributed by atoms with E-state index in [9.17, 15) is 0 Å². The monoisotopic (exact) mass is 141 g/mol. The molecule has 1 aliphatic rings. The zero-order valence-corrected chi connectivity index (χ0v) is 5.54. The van der Waals surface area contributed by atoms with Crippen molar-refractivity contribution in [3.63, 3.8) is 0 Å². The summed E-state index contributed by atoms with van der Waals surface area (Å²) in [5.74, 6) is 0.662. The fourth-order valence-corrected chi connectivity index (χ4v) is 1.01. The van der Waals surface area contributed by atoms with Crippen molar-refractivity contribution in [2.75, 3.05) is 0 Å². The SMILES string of the molecule is [2H]C1([2H])CCc2ncnn2CC1([2H])[2H]. The molecule has 1 aliphatic heterocycles. The summed E-state index contributed by atoms with van der Waals surface area (Å²) >= 11 is 0. The predicted octanol–water partition coefficient (Wildman–Crippen LogP) is 1.00. The van der Waals surface area contributed by atoms with Gasteiger partial charge in [-0.05, 0) is 12.8 Å². The van der Waals surface area contributed by atoms with Crippen LogP contribution in [-0.4, -0.2) is 14.8 Å². The van der Waals surface area contributed by atoms with E-state index < -0.39 is 12.7 Å². The topological polar surface area (TPSA) is 30.7 Å². The summed E-state index contributed by atoms with van der Waals surface area (Å²) in [5.41, 5.74) is 0. The highest BCUT2D eigenvalue weighted by molar-refractivity contribution is 4.86. The standard InChI is InChI=1S/C7H11N3/c1-2-4-7-8-6-9-10(7)5-3-1/h6H,1-5H2/i1D2,3D2. The summed E-state index contributed by atoms with van der Waals surface area (Å²) in [7, 11) is 0. The van der Waals surface area contributed by atoms with Gasteiger partial charge in [0.15, 0.2) is 0 Å². The van der Waals surface area contributed by atoms with Gasteiger partial charge in [0.1, 0.15) is 12.2 Å². The number of hydrogen-bond donors (Lipinski definition) is 0. The normalized spacial score (nSPS) is 34.0. The van der Waals surface area contributed by atoms with E-state index in [-0.39, 0.29) is 13.0 Å². The smallest absolute Gasteiger partial charge is 0.138 e. The molecule has 0 fully saturated rings. The maximum Gasteiger partial charge on any atom is 0.138 e. The van der Waals surface area contributed by atoms with E-state index >= 15 is 0 Å². The molecule has 0 bridgehead atoms. The summed E-state index contributed by atoms with van der Waals surface area (Å²) in [6, 6.07) is 0. The van der Waals surface area contributed by atoms with Crippen molar-refractivity contribution in [2.45, 2.75) is 32.1 Å². The first-order chi connectivity index (χ1) is 6.42. The third-order valence-electron chi connectivity index (χ3n) is 1.52. The van der Waals surface area contributed by atoms with E-state index in [0.29, 0.717) is 12.2 Å². The predicted molar refractivity (Wildman–Crippen MR) is 37.6 cm³/mol. The van der Waals surface area contributed by atoms with Gasteiger partial charge in [0.05, 0.1) is 0 Å². The molecular formula is C7H11N3. The summed E-state index contributed by atoms with van der Waals surface area (Å²) in [5, 5.41) is 3.88. The van der Waals surface area contributed by atoms with Crippen LogP contribution in [0.5, 0.6) is 0 Å². The Labute approximate surface area is 65.7 Å². The Balaban J connectivity index is 2.38. The highest BCUT2D eigenvalue weighted by Gasteiger charge is 2.06. The van der Waals surface area contributed by atoms with Gasteiger partial charge >= 0.3 is 0 Å². The molecule has 1 aromatic heterocycles. The molecule has 0 amide bonds. The maximum absolute atomic E-state index is 7.64. The fourth-order valence-electron chi connectivity index (χ4n) is 1.01. The Morgan fingerprint density at radius 2 is 2.60 bits per heavy atom. The maximum atomic E-state index is 7.64. The first-order valence-electron chi connectivity index (χ1n) is 5.29. The molecule has 3 nitrogen and oxygen atoms in total. The minimum Gasteiger partial charge on any atom is -0.250 e. The Bertz CT molecular complexity index is 346. The highest BCUT2D eigenvalue weighted by atomic mass is 15.3. The lowest BCUT2D eigenvalue weighted by Crippen LogP contribution is -2.01. The second-order valence-electron chi connectivity index (χ2n) is 2.19. The van der Waals surface area contributed by atoms with Crippen molar-refractivity contribution >= 4 is 0 Å². The molecule has 0 saturated heterocycles. The molecule has 2 heterocycles. The first kappa shape index (κ1) is 3.03. The Kier molecular flexibility index (Phi) is 0.728. The van der Waals surface area contributed by atoms with Crippen LogP contribution in [0.4, 0.5) is 0 Å². The average Bonchev–Trinajstić information content (AvgIpc) is 2.44. The summed E-state index contributed by atoms with van der Waals surface area (Å²) < 4.78 is 31.9. The molecular weight excluding hydrogens is 126 g/mol. The lowest BCUT2D eigenvalue weighted by Gasteiger charge is -1.96. The molecule has 2 rings (SSSR count). The van der Waals surface area contributed by atoms with Crippen LogP contribution in [0.1, 0.15) is 30.5 Å². The molecule has 10 heavy (non-hydrogen) atoms. The number of aryl methyl sites for hydroxylation is 2. The van der Waals surface area contributed by atoms with Crippen LogP contribution in [0.15, 0.2) is 6.33 Å². The van der Waals surface area contributed by atoms with Crippen molar-refractivity contribution in [3.8, 4) is 0 Å². The number of aromatic nitrogens is 3. The molecule has 0 atom stereocenters. The highest BCUT2D eigenvalue weighted by Crippen LogP contribution is 2.09. The van der Waals surface area contributed by atoms with Crippen molar-refractivity contribution in [3.05, 3.63) is 12.2 Å². The van der Waals surface area contributed by atoms with Crippen molar-refractivity contribution in [2.24, 2.45) is 0 Å². The number of hydrogen-bond acceptors (Lipinski definition) is 2. The van der Waals surface area contributed by atoms with Crippen LogP contribution >= 0.6 is 0 Å². The molecule has 54 valence electrons. The van der Waals surface area contributed by atoms with E-state index in [1.165, 1.54) is 11.0 Å². The molecule has 0 radical (unpaired) electrons. The van der Waals surface area contributed by atoms with Gasteiger partial charge in [0.2, 0.25) is 0 Å². The van der Waals surface area contributed by atoms with Crippen molar-refractivity contribution < 1.29 is 5.48 Å². The van der Waals surface area contributed by atoms with E-state index in [1.807, 2.05) is 0 Å². The largest absolute Gasteiger partial charge is 0.250 e. The van der Waals surface area contributed by atoms with Crippen molar-refractivity contribution in [1.29, 1.82) is 0 Å². The van der Waals surface area contributed by atoms with Gasteiger partial charge in [-0.25, -0.2) is 4.98 Å². The summed E-state index contributed by atoms with van der Waals surface area (Å²) in [6.45, 7) is -0.0602. The zero-order chi connectivity index (χ0) is 10.4. The van der Waals surface area contributed by atoms with E-state index in [1.54, 1.807) is 0 Å². The van der Waals surface area contributed by atoms with Gasteiger partial charge in [-0.3, -0.25) is 4.68 Å². The molecule has 1 aromatic rings. The van der Waals surface area contributed by atoms with Gasteiger partial charge in [-0.1, -0.05) is 6.37 Å². The van der Waals surface area contributed by atoms with Crippen LogP contribution in [0, 0.1) is 0 Å². The quantitative estimate of drug-likeness (QED) is 0.539. The Morgan fingerprint density at radius 1 is 1.60 bits per heavy atom. The molecule has 0 aliphatic carbocycles. The van der Waals surface area contributed by atoms with Gasteiger partial charge in [-0.15, -0.1) is 0 Å². The summed E-state index contributed by atoms with van der Waals surface area (Å²) in [6.07, 6.45) is -1.72. The molecule has 3 heteroatoms. The number of fused-ring (bicyclic) bond motifs is 1. The second-order valence-corrected chi connectivity index (χ2v) is 2.19. The first-order valence-corrected chi connectivity index (χ1v) is 3.29. The lowest BCUT2D eigenvalue weighted by atomic mass is 10.2. The minimum absolute atomic E-state index is 0.0602. The zero-order valence-electron chi connectivity index (χ0n) is 9.54. The second kappa shape index (κ2) is 2.40. The van der Waals surface area contributed by atoms with Crippen LogP contribution < -0.4 is 0 Å². The summed E-state index contributed by atoms with van der Waals surface area (Å²) in [4.78, 5) is 3.97. The number of rotatable bonds is 0. The van der Waals surface area contributed by atoms with Gasteiger partial charge in [0.25, 0.3) is 0 Å². The van der Waals surface area contributed by atoms with Crippen LogP contribution in [0.2, 0.25) is 0 Å².